The summed E-state index contributed by atoms with van der Waals surface area (Å²) in [6.07, 6.45) is 0. The number of aryl methyl sites for hydroxylation is 2. The highest BCUT2D eigenvalue weighted by atomic mass is 127. The Bertz CT molecular complexity index is 741. The van der Waals surface area contributed by atoms with Crippen LogP contribution in [0.5, 0.6) is 0 Å². The van der Waals surface area contributed by atoms with Crippen LogP contribution in [0.3, 0.4) is 0 Å². The van der Waals surface area contributed by atoms with Crippen LogP contribution >= 0.6 is 22.6 Å². The van der Waals surface area contributed by atoms with E-state index in [1.807, 2.05) is 26.0 Å². The summed E-state index contributed by atoms with van der Waals surface area (Å²) in [5.41, 5.74) is 3.59. The molecule has 1 amide bonds. The van der Waals surface area contributed by atoms with Gasteiger partial charge in [-0.3, -0.25) is 4.79 Å². The summed E-state index contributed by atoms with van der Waals surface area (Å²) in [6, 6.07) is 10.7. The monoisotopic (exact) mass is 409 g/mol. The van der Waals surface area contributed by atoms with Crippen LogP contribution in [0.25, 0.3) is 0 Å². The zero-order valence-electron chi connectivity index (χ0n) is 12.6. The molecule has 0 aromatic heterocycles. The van der Waals surface area contributed by atoms with Gasteiger partial charge in [0.05, 0.1) is 18.2 Å². The van der Waals surface area contributed by atoms with Gasteiger partial charge in [0.1, 0.15) is 0 Å². The summed E-state index contributed by atoms with van der Waals surface area (Å²) in [5.74, 6) is -0.630. The molecule has 0 heterocycles. The van der Waals surface area contributed by atoms with E-state index in [2.05, 4.69) is 27.9 Å². The number of amides is 1. The Morgan fingerprint density at radius 1 is 1.09 bits per heavy atom. The Balaban J connectivity index is 2.29. The Labute approximate surface area is 143 Å². The molecule has 0 saturated carbocycles. The van der Waals surface area contributed by atoms with E-state index < -0.39 is 5.97 Å². The molecule has 0 aliphatic heterocycles. The third-order valence-corrected chi connectivity index (χ3v) is 4.17. The van der Waals surface area contributed by atoms with Crippen LogP contribution in [0.4, 0.5) is 5.69 Å². The molecule has 114 valence electrons. The van der Waals surface area contributed by atoms with Crippen molar-refractivity contribution in [1.82, 2.24) is 0 Å². The lowest BCUT2D eigenvalue weighted by molar-refractivity contribution is 0.0600. The van der Waals surface area contributed by atoms with Crippen LogP contribution in [0.1, 0.15) is 31.8 Å². The summed E-state index contributed by atoms with van der Waals surface area (Å²) >= 11 is 2.14. The maximum absolute atomic E-state index is 12.4. The van der Waals surface area contributed by atoms with Gasteiger partial charge in [0, 0.05) is 9.26 Å². The molecule has 5 heteroatoms. The number of benzene rings is 2. The molecule has 0 fully saturated rings. The maximum Gasteiger partial charge on any atom is 0.337 e. The number of hydrogen-bond acceptors (Lipinski definition) is 3. The fourth-order valence-electron chi connectivity index (χ4n) is 2.00. The van der Waals surface area contributed by atoms with E-state index >= 15 is 0 Å². The second-order valence-corrected chi connectivity index (χ2v) is 6.12. The minimum absolute atomic E-state index is 0.200. The summed E-state index contributed by atoms with van der Waals surface area (Å²) in [4.78, 5) is 24.0. The molecule has 0 bridgehead atoms. The largest absolute Gasteiger partial charge is 0.465 e. The van der Waals surface area contributed by atoms with Crippen molar-refractivity contribution in [1.29, 1.82) is 0 Å². The van der Waals surface area contributed by atoms with Gasteiger partial charge in [-0.1, -0.05) is 17.7 Å². The Morgan fingerprint density at radius 2 is 1.82 bits per heavy atom. The quantitative estimate of drug-likeness (QED) is 0.617. The first-order valence-electron chi connectivity index (χ1n) is 6.69. The highest BCUT2D eigenvalue weighted by Crippen LogP contribution is 2.20. The van der Waals surface area contributed by atoms with Gasteiger partial charge < -0.3 is 10.1 Å². The predicted molar refractivity (Wildman–Crippen MR) is 94.4 cm³/mol. The molecule has 2 aromatic carbocycles. The van der Waals surface area contributed by atoms with E-state index in [1.165, 1.54) is 7.11 Å². The van der Waals surface area contributed by atoms with Crippen molar-refractivity contribution < 1.29 is 14.3 Å². The molecule has 0 radical (unpaired) electrons. The molecule has 0 unspecified atom stereocenters. The van der Waals surface area contributed by atoms with Crippen molar-refractivity contribution in [3.63, 3.8) is 0 Å². The van der Waals surface area contributed by atoms with Gasteiger partial charge in [-0.05, 0) is 66.3 Å². The predicted octanol–water partition coefficient (Wildman–Crippen LogP) is 3.95. The number of ether oxygens (including phenoxy) is 1. The Kier molecular flexibility index (Phi) is 5.18. The molecule has 1 N–H and O–H groups in total. The number of carbonyl (C=O) groups excluding carboxylic acids is 2. The van der Waals surface area contributed by atoms with Crippen molar-refractivity contribution in [2.75, 3.05) is 12.4 Å². The van der Waals surface area contributed by atoms with Crippen molar-refractivity contribution in [2.24, 2.45) is 0 Å². The average Bonchev–Trinajstić information content (AvgIpc) is 2.48. The molecule has 2 aromatic rings. The molecule has 0 aliphatic rings. The van der Waals surface area contributed by atoms with Crippen LogP contribution in [0.15, 0.2) is 36.4 Å². The molecule has 0 spiro atoms. The first-order valence-corrected chi connectivity index (χ1v) is 7.76. The van der Waals surface area contributed by atoms with Crippen molar-refractivity contribution in [3.05, 3.63) is 62.2 Å². The summed E-state index contributed by atoms with van der Waals surface area (Å²) in [7, 11) is 1.33. The first-order chi connectivity index (χ1) is 10.4. The standard InChI is InChI=1S/C17H16INO3/c1-10-4-7-13(14(18)8-10)16(20)19-15-9-12(17(21)22-3)6-5-11(15)2/h4-9H,1-3H3,(H,19,20). The second kappa shape index (κ2) is 6.91. The van der Waals surface area contributed by atoms with Gasteiger partial charge in [0.2, 0.25) is 0 Å². The van der Waals surface area contributed by atoms with Crippen molar-refractivity contribution in [2.45, 2.75) is 13.8 Å². The zero-order valence-corrected chi connectivity index (χ0v) is 14.7. The van der Waals surface area contributed by atoms with Crippen LogP contribution in [-0.2, 0) is 4.74 Å². The smallest absolute Gasteiger partial charge is 0.337 e. The minimum Gasteiger partial charge on any atom is -0.465 e. The number of nitrogens with one attached hydrogen (secondary N) is 1. The van der Waals surface area contributed by atoms with E-state index in [9.17, 15) is 9.59 Å². The Morgan fingerprint density at radius 3 is 2.45 bits per heavy atom. The summed E-state index contributed by atoms with van der Waals surface area (Å²) in [6.45, 7) is 3.85. The number of anilines is 1. The van der Waals surface area contributed by atoms with Gasteiger partial charge >= 0.3 is 5.97 Å². The lowest BCUT2D eigenvalue weighted by Gasteiger charge is -2.11. The number of halogens is 1. The number of rotatable bonds is 3. The average molecular weight is 409 g/mol. The van der Waals surface area contributed by atoms with Crippen LogP contribution < -0.4 is 5.32 Å². The topological polar surface area (TPSA) is 55.4 Å². The van der Waals surface area contributed by atoms with E-state index in [1.54, 1.807) is 24.3 Å². The van der Waals surface area contributed by atoms with E-state index in [-0.39, 0.29) is 5.91 Å². The van der Waals surface area contributed by atoms with Gasteiger partial charge in [-0.15, -0.1) is 0 Å². The molecule has 22 heavy (non-hydrogen) atoms. The number of hydrogen-bond donors (Lipinski definition) is 1. The van der Waals surface area contributed by atoms with Crippen LogP contribution in [-0.4, -0.2) is 19.0 Å². The Hall–Kier alpha value is -1.89. The lowest BCUT2D eigenvalue weighted by atomic mass is 10.1. The summed E-state index contributed by atoms with van der Waals surface area (Å²) in [5, 5.41) is 2.85. The van der Waals surface area contributed by atoms with Gasteiger partial charge in [-0.2, -0.15) is 0 Å². The number of carbonyl (C=O) groups is 2. The molecule has 0 aliphatic carbocycles. The SMILES string of the molecule is COC(=O)c1ccc(C)c(NC(=O)c2ccc(C)cc2I)c1. The van der Waals surface area contributed by atoms with Gasteiger partial charge in [0.15, 0.2) is 0 Å². The minimum atomic E-state index is -0.430. The van der Waals surface area contributed by atoms with Gasteiger partial charge in [-0.25, -0.2) is 4.79 Å². The number of esters is 1. The molecule has 0 atom stereocenters. The third-order valence-electron chi connectivity index (χ3n) is 3.28. The molecule has 0 saturated heterocycles. The van der Waals surface area contributed by atoms with Crippen molar-refractivity contribution >= 4 is 40.2 Å². The third kappa shape index (κ3) is 3.65. The molecular formula is C17H16INO3. The van der Waals surface area contributed by atoms with E-state index in [0.717, 1.165) is 14.7 Å². The molecule has 4 nitrogen and oxygen atoms in total. The first kappa shape index (κ1) is 16.5. The highest BCUT2D eigenvalue weighted by Gasteiger charge is 2.13. The fraction of sp³-hybridized carbons (Fsp3) is 0.176. The highest BCUT2D eigenvalue weighted by molar-refractivity contribution is 14.1. The summed E-state index contributed by atoms with van der Waals surface area (Å²) < 4.78 is 5.59. The second-order valence-electron chi connectivity index (χ2n) is 4.96. The molecule has 2 rings (SSSR count). The van der Waals surface area contributed by atoms with E-state index in [0.29, 0.717) is 16.8 Å². The zero-order chi connectivity index (χ0) is 16.3. The fourth-order valence-corrected chi connectivity index (χ4v) is 2.91. The number of methoxy groups -OCH3 is 1. The van der Waals surface area contributed by atoms with Crippen LogP contribution in [0.2, 0.25) is 0 Å². The van der Waals surface area contributed by atoms with E-state index in [4.69, 9.17) is 4.74 Å². The van der Waals surface area contributed by atoms with Gasteiger partial charge in [0.25, 0.3) is 5.91 Å². The normalized spacial score (nSPS) is 10.2. The maximum atomic E-state index is 12.4. The molecular weight excluding hydrogens is 393 g/mol. The van der Waals surface area contributed by atoms with Crippen LogP contribution in [0, 0.1) is 17.4 Å². The van der Waals surface area contributed by atoms with Crippen molar-refractivity contribution in [3.8, 4) is 0 Å². The lowest BCUT2D eigenvalue weighted by Crippen LogP contribution is -2.15.